The van der Waals surface area contributed by atoms with Crippen molar-refractivity contribution in [2.45, 2.75) is 11.5 Å². The van der Waals surface area contributed by atoms with Gasteiger partial charge in [-0.2, -0.15) is 0 Å². The summed E-state index contributed by atoms with van der Waals surface area (Å²) in [7, 11) is -1.08. The quantitative estimate of drug-likeness (QED) is 0.828. The molecule has 94 valence electrons. The van der Waals surface area contributed by atoms with Crippen LogP contribution in [0.3, 0.4) is 0 Å². The fraction of sp³-hybridized carbons (Fsp3) is 0.143. The number of rotatable bonds is 4. The van der Waals surface area contributed by atoms with Crippen molar-refractivity contribution in [3.05, 3.63) is 71.3 Å². The van der Waals surface area contributed by atoms with Gasteiger partial charge in [-0.3, -0.25) is 4.21 Å². The van der Waals surface area contributed by atoms with E-state index in [4.69, 9.17) is 0 Å². The highest BCUT2D eigenvalue weighted by molar-refractivity contribution is 7.83. The van der Waals surface area contributed by atoms with E-state index in [1.807, 2.05) is 0 Å². The van der Waals surface area contributed by atoms with Crippen molar-refractivity contribution in [1.29, 1.82) is 0 Å². The molecule has 0 heterocycles. The molecule has 0 unspecified atom stereocenters. The normalized spacial score (nSPS) is 10.8. The van der Waals surface area contributed by atoms with Crippen molar-refractivity contribution in [1.82, 2.24) is 0 Å². The summed E-state index contributed by atoms with van der Waals surface area (Å²) in [6.45, 7) is 0. The Morgan fingerprint density at radius 3 is 1.39 bits per heavy atom. The fourth-order valence-corrected chi connectivity index (χ4v) is 2.81. The van der Waals surface area contributed by atoms with Crippen molar-refractivity contribution >= 4 is 10.8 Å². The van der Waals surface area contributed by atoms with Crippen molar-refractivity contribution in [3.8, 4) is 0 Å². The Balaban J connectivity index is 1.96. The summed E-state index contributed by atoms with van der Waals surface area (Å²) in [6, 6.07) is 11.9. The van der Waals surface area contributed by atoms with Crippen LogP contribution in [-0.2, 0) is 22.3 Å². The zero-order valence-corrected chi connectivity index (χ0v) is 10.4. The molecule has 0 aliphatic carbocycles. The van der Waals surface area contributed by atoms with Gasteiger partial charge in [-0.15, -0.1) is 0 Å². The number of hydrogen-bond donors (Lipinski definition) is 0. The zero-order valence-electron chi connectivity index (χ0n) is 9.61. The summed E-state index contributed by atoms with van der Waals surface area (Å²) in [6.07, 6.45) is 0. The third kappa shape index (κ3) is 3.74. The average molecular weight is 266 g/mol. The molecular weight excluding hydrogens is 254 g/mol. The Morgan fingerprint density at radius 1 is 0.722 bits per heavy atom. The summed E-state index contributed by atoms with van der Waals surface area (Å²) in [5.74, 6) is 0.140. The van der Waals surface area contributed by atoms with E-state index in [-0.39, 0.29) is 11.6 Å². The molecule has 0 radical (unpaired) electrons. The van der Waals surface area contributed by atoms with Crippen molar-refractivity contribution < 1.29 is 13.0 Å². The topological polar surface area (TPSA) is 17.1 Å². The molecule has 0 saturated carbocycles. The predicted molar refractivity (Wildman–Crippen MR) is 68.4 cm³/mol. The maximum Gasteiger partial charge on any atom is 0.123 e. The first-order valence-corrected chi connectivity index (χ1v) is 6.96. The van der Waals surface area contributed by atoms with E-state index in [2.05, 4.69) is 0 Å². The van der Waals surface area contributed by atoms with Crippen LogP contribution < -0.4 is 0 Å². The first-order chi connectivity index (χ1) is 8.63. The molecule has 2 rings (SSSR count). The van der Waals surface area contributed by atoms with E-state index < -0.39 is 10.8 Å². The molecule has 2 aromatic carbocycles. The highest BCUT2D eigenvalue weighted by Crippen LogP contribution is 2.10. The molecule has 1 nitrogen and oxygen atoms in total. The van der Waals surface area contributed by atoms with Crippen LogP contribution in [0, 0.1) is 11.6 Å². The number of hydrogen-bond acceptors (Lipinski definition) is 1. The highest BCUT2D eigenvalue weighted by Gasteiger charge is 2.04. The van der Waals surface area contributed by atoms with Gasteiger partial charge in [-0.25, -0.2) is 8.78 Å². The highest BCUT2D eigenvalue weighted by atomic mass is 32.2. The standard InChI is InChI=1S/C14H12F2OS/c15-13-5-1-11(2-6-13)9-18(17)10-12-3-7-14(16)8-4-12/h1-8H,9-10H2. The van der Waals surface area contributed by atoms with Crippen LogP contribution in [0.5, 0.6) is 0 Å². The monoisotopic (exact) mass is 266 g/mol. The van der Waals surface area contributed by atoms with Gasteiger partial charge in [0.15, 0.2) is 0 Å². The van der Waals surface area contributed by atoms with Gasteiger partial charge < -0.3 is 0 Å². The smallest absolute Gasteiger partial charge is 0.123 e. The van der Waals surface area contributed by atoms with Gasteiger partial charge in [0.25, 0.3) is 0 Å². The Bertz CT molecular complexity index is 485. The first kappa shape index (κ1) is 12.9. The third-order valence-corrected chi connectivity index (χ3v) is 3.79. The second kappa shape index (κ2) is 5.87. The summed E-state index contributed by atoms with van der Waals surface area (Å²) in [5.41, 5.74) is 1.66. The van der Waals surface area contributed by atoms with Gasteiger partial charge in [0.05, 0.1) is 0 Å². The van der Waals surface area contributed by atoms with Crippen LogP contribution in [-0.4, -0.2) is 4.21 Å². The van der Waals surface area contributed by atoms with Gasteiger partial charge >= 0.3 is 0 Å². The van der Waals surface area contributed by atoms with Gasteiger partial charge in [-0.05, 0) is 35.4 Å². The van der Waals surface area contributed by atoms with Crippen LogP contribution >= 0.6 is 0 Å². The molecule has 0 bridgehead atoms. The lowest BCUT2D eigenvalue weighted by atomic mass is 10.2. The Hall–Kier alpha value is -1.55. The molecule has 2 aromatic rings. The first-order valence-electron chi connectivity index (χ1n) is 5.47. The third-order valence-electron chi connectivity index (χ3n) is 2.48. The lowest BCUT2D eigenvalue weighted by Crippen LogP contribution is -1.99. The summed E-state index contributed by atoms with van der Waals surface area (Å²) in [5, 5.41) is 0. The van der Waals surface area contributed by atoms with E-state index in [0.29, 0.717) is 11.5 Å². The Kier molecular flexibility index (Phi) is 4.20. The molecule has 0 atom stereocenters. The molecule has 18 heavy (non-hydrogen) atoms. The number of benzene rings is 2. The molecule has 0 aromatic heterocycles. The zero-order chi connectivity index (χ0) is 13.0. The van der Waals surface area contributed by atoms with Crippen molar-refractivity contribution in [2.24, 2.45) is 0 Å². The molecule has 0 saturated heterocycles. The van der Waals surface area contributed by atoms with Crippen LogP contribution in [0.4, 0.5) is 8.78 Å². The van der Waals surface area contributed by atoms with Crippen molar-refractivity contribution in [3.63, 3.8) is 0 Å². The van der Waals surface area contributed by atoms with E-state index in [1.165, 1.54) is 24.3 Å². The SMILES string of the molecule is O=S(Cc1ccc(F)cc1)Cc1ccc(F)cc1. The summed E-state index contributed by atoms with van der Waals surface area (Å²) in [4.78, 5) is 0. The minimum Gasteiger partial charge on any atom is -0.259 e. The molecule has 0 N–H and O–H groups in total. The lowest BCUT2D eigenvalue weighted by Gasteiger charge is -2.03. The second-order valence-corrected chi connectivity index (χ2v) is 5.44. The second-order valence-electron chi connectivity index (χ2n) is 3.98. The molecule has 4 heteroatoms. The minimum absolute atomic E-state index is 0.303. The molecule has 0 aliphatic heterocycles. The van der Waals surface area contributed by atoms with Gasteiger partial charge in [0, 0.05) is 22.3 Å². The molecule has 0 fully saturated rings. The minimum atomic E-state index is -1.08. The van der Waals surface area contributed by atoms with Crippen molar-refractivity contribution in [2.75, 3.05) is 0 Å². The van der Waals surface area contributed by atoms with Crippen LogP contribution in [0.15, 0.2) is 48.5 Å². The van der Waals surface area contributed by atoms with E-state index in [9.17, 15) is 13.0 Å². The van der Waals surface area contributed by atoms with Gasteiger partial charge in [-0.1, -0.05) is 24.3 Å². The summed E-state index contributed by atoms with van der Waals surface area (Å²) >= 11 is 0. The van der Waals surface area contributed by atoms with Crippen LogP contribution in [0.25, 0.3) is 0 Å². The average Bonchev–Trinajstić information content (AvgIpc) is 2.35. The molecule has 0 aliphatic rings. The Labute approximate surface area is 107 Å². The van der Waals surface area contributed by atoms with Crippen LogP contribution in [0.1, 0.15) is 11.1 Å². The van der Waals surface area contributed by atoms with E-state index in [1.54, 1.807) is 24.3 Å². The molecule has 0 spiro atoms. The van der Waals surface area contributed by atoms with Gasteiger partial charge in [0.2, 0.25) is 0 Å². The van der Waals surface area contributed by atoms with E-state index >= 15 is 0 Å². The van der Waals surface area contributed by atoms with E-state index in [0.717, 1.165) is 11.1 Å². The molecule has 0 amide bonds. The lowest BCUT2D eigenvalue weighted by molar-refractivity contribution is 0.627. The summed E-state index contributed by atoms with van der Waals surface area (Å²) < 4.78 is 37.3. The number of halogens is 2. The fourth-order valence-electron chi connectivity index (χ4n) is 1.58. The maximum absolute atomic E-state index is 12.7. The van der Waals surface area contributed by atoms with Crippen LogP contribution in [0.2, 0.25) is 0 Å². The maximum atomic E-state index is 12.7. The predicted octanol–water partition coefficient (Wildman–Crippen LogP) is 3.41. The largest absolute Gasteiger partial charge is 0.259 e. The van der Waals surface area contributed by atoms with Gasteiger partial charge in [0.1, 0.15) is 11.6 Å². The Morgan fingerprint density at radius 2 is 1.06 bits per heavy atom. The molecular formula is C14H12F2OS.